The fourth-order valence-electron chi connectivity index (χ4n) is 0.656. The summed E-state index contributed by atoms with van der Waals surface area (Å²) in [6.45, 7) is 0. The van der Waals surface area contributed by atoms with Crippen LogP contribution in [0.1, 0.15) is 5.56 Å². The predicted octanol–water partition coefficient (Wildman–Crippen LogP) is 3.05. The summed E-state index contributed by atoms with van der Waals surface area (Å²) in [5, 5.41) is 0. The van der Waals surface area contributed by atoms with Gasteiger partial charge < -0.3 is 0 Å². The molecule has 1 aromatic carbocycles. The van der Waals surface area contributed by atoms with Gasteiger partial charge in [0.1, 0.15) is 0 Å². The Morgan fingerprint density at radius 1 is 1.20 bits per heavy atom. The summed E-state index contributed by atoms with van der Waals surface area (Å²) in [5.74, 6) is 0.803. The van der Waals surface area contributed by atoms with Crippen molar-refractivity contribution in [1.82, 2.24) is 0 Å². The monoisotopic (exact) mass is 188 g/mol. The van der Waals surface area contributed by atoms with Crippen LogP contribution in [0.4, 0.5) is 0 Å². The Balaban J connectivity index is 2.80. The molecule has 0 nitrogen and oxygen atoms in total. The van der Waals surface area contributed by atoms with E-state index in [-0.39, 0.29) is 0 Å². The highest BCUT2D eigenvalue weighted by Crippen LogP contribution is 2.21. The van der Waals surface area contributed by atoms with Gasteiger partial charge in [0, 0.05) is 10.6 Å². The van der Waals surface area contributed by atoms with Crippen molar-refractivity contribution in [3.8, 4) is 0 Å². The third kappa shape index (κ3) is 2.15. The predicted molar refractivity (Wildman–Crippen MR) is 54.0 cm³/mol. The number of hydrogen-bond acceptors (Lipinski definition) is 3. The van der Waals surface area contributed by atoms with E-state index >= 15 is 0 Å². The van der Waals surface area contributed by atoms with Gasteiger partial charge in [-0.15, -0.1) is 11.7 Å². The standard InChI is InChI=1S/C7H8S3/c8-5-6-1-3-7(10-9)4-2-6/h1-4,8-9H,5H2. The molecule has 10 heavy (non-hydrogen) atoms. The largest absolute Gasteiger partial charge is 0.175 e. The molecule has 0 heterocycles. The first-order valence-corrected chi connectivity index (χ1v) is 5.38. The van der Waals surface area contributed by atoms with E-state index in [0.29, 0.717) is 0 Å². The average molecular weight is 188 g/mol. The molecule has 54 valence electrons. The maximum Gasteiger partial charge on any atom is 0.0180 e. The second-order valence-corrected chi connectivity index (χ2v) is 3.41. The Labute approximate surface area is 75.6 Å². The number of benzene rings is 1. The molecular weight excluding hydrogens is 180 g/mol. The van der Waals surface area contributed by atoms with Crippen molar-refractivity contribution in [1.29, 1.82) is 0 Å². The molecule has 0 aromatic heterocycles. The van der Waals surface area contributed by atoms with Crippen LogP contribution in [0, 0.1) is 0 Å². The van der Waals surface area contributed by atoms with Crippen LogP contribution in [0.25, 0.3) is 0 Å². The van der Waals surface area contributed by atoms with Gasteiger partial charge in [-0.05, 0) is 17.7 Å². The minimum atomic E-state index is 0.803. The lowest BCUT2D eigenvalue weighted by molar-refractivity contribution is 1.36. The van der Waals surface area contributed by atoms with E-state index in [2.05, 4.69) is 36.4 Å². The maximum absolute atomic E-state index is 4.15. The Kier molecular flexibility index (Phi) is 3.52. The van der Waals surface area contributed by atoms with Crippen molar-refractivity contribution in [2.45, 2.75) is 10.6 Å². The Hall–Kier alpha value is 0.270. The fourth-order valence-corrected chi connectivity index (χ4v) is 1.49. The molecule has 1 aromatic rings. The van der Waals surface area contributed by atoms with Crippen LogP contribution in [0.5, 0.6) is 0 Å². The van der Waals surface area contributed by atoms with Gasteiger partial charge in [-0.3, -0.25) is 0 Å². The first-order chi connectivity index (χ1) is 4.86. The highest BCUT2D eigenvalue weighted by Gasteiger charge is 1.89. The maximum atomic E-state index is 4.15. The molecule has 0 fully saturated rings. The summed E-state index contributed by atoms with van der Waals surface area (Å²) < 4.78 is 0. The second kappa shape index (κ2) is 4.21. The van der Waals surface area contributed by atoms with Crippen molar-refractivity contribution in [3.05, 3.63) is 29.8 Å². The fraction of sp³-hybridized carbons (Fsp3) is 0.143. The Morgan fingerprint density at radius 2 is 1.80 bits per heavy atom. The van der Waals surface area contributed by atoms with Gasteiger partial charge in [0.15, 0.2) is 0 Å². The van der Waals surface area contributed by atoms with E-state index < -0.39 is 0 Å². The minimum Gasteiger partial charge on any atom is -0.175 e. The van der Waals surface area contributed by atoms with E-state index in [1.54, 1.807) is 0 Å². The normalized spacial score (nSPS) is 9.80. The van der Waals surface area contributed by atoms with Crippen LogP contribution >= 0.6 is 35.1 Å². The van der Waals surface area contributed by atoms with Gasteiger partial charge >= 0.3 is 0 Å². The smallest absolute Gasteiger partial charge is 0.0180 e. The first kappa shape index (κ1) is 8.37. The molecule has 0 bridgehead atoms. The van der Waals surface area contributed by atoms with Crippen molar-refractivity contribution in [2.75, 3.05) is 0 Å². The number of rotatable bonds is 2. The first-order valence-electron chi connectivity index (χ1n) is 2.88. The van der Waals surface area contributed by atoms with Crippen molar-refractivity contribution < 1.29 is 0 Å². The van der Waals surface area contributed by atoms with Gasteiger partial charge in [0.2, 0.25) is 0 Å². The van der Waals surface area contributed by atoms with Gasteiger partial charge in [0.05, 0.1) is 0 Å². The van der Waals surface area contributed by atoms with Crippen LogP contribution in [0.15, 0.2) is 29.2 Å². The highest BCUT2D eigenvalue weighted by molar-refractivity contribution is 8.68. The lowest BCUT2D eigenvalue weighted by Gasteiger charge is -1.96. The van der Waals surface area contributed by atoms with E-state index in [1.165, 1.54) is 21.3 Å². The minimum absolute atomic E-state index is 0.803. The molecule has 0 aliphatic heterocycles. The molecule has 0 aliphatic carbocycles. The quantitative estimate of drug-likeness (QED) is 0.531. The van der Waals surface area contributed by atoms with Gasteiger partial charge in [0.25, 0.3) is 0 Å². The van der Waals surface area contributed by atoms with E-state index in [1.807, 2.05) is 12.1 Å². The molecular formula is C7H8S3. The SMILES string of the molecule is SCc1ccc(SS)cc1. The molecule has 0 amide bonds. The van der Waals surface area contributed by atoms with Crippen LogP contribution in [-0.4, -0.2) is 0 Å². The molecule has 0 saturated heterocycles. The molecule has 0 atom stereocenters. The molecule has 0 unspecified atom stereocenters. The third-order valence-corrected chi connectivity index (χ3v) is 2.69. The Bertz CT molecular complexity index is 170. The zero-order chi connectivity index (χ0) is 7.40. The zero-order valence-corrected chi connectivity index (χ0v) is 7.92. The highest BCUT2D eigenvalue weighted by atomic mass is 33.1. The van der Waals surface area contributed by atoms with Crippen molar-refractivity contribution in [2.24, 2.45) is 0 Å². The summed E-state index contributed by atoms with van der Waals surface area (Å²) in [5.41, 5.74) is 1.24. The molecule has 0 spiro atoms. The van der Waals surface area contributed by atoms with Crippen molar-refractivity contribution >= 4 is 35.1 Å². The number of thiol groups is 2. The molecule has 0 aliphatic rings. The molecule has 0 radical (unpaired) electrons. The van der Waals surface area contributed by atoms with Crippen LogP contribution < -0.4 is 0 Å². The van der Waals surface area contributed by atoms with Gasteiger partial charge in [-0.2, -0.15) is 12.6 Å². The number of hydrogen-bond donors (Lipinski definition) is 2. The summed E-state index contributed by atoms with van der Waals surface area (Å²) in [7, 11) is 1.46. The van der Waals surface area contributed by atoms with Gasteiger partial charge in [-0.25, -0.2) is 0 Å². The second-order valence-electron chi connectivity index (χ2n) is 1.89. The zero-order valence-electron chi connectivity index (χ0n) is 5.32. The Morgan fingerprint density at radius 3 is 2.20 bits per heavy atom. The van der Waals surface area contributed by atoms with Gasteiger partial charge in [-0.1, -0.05) is 22.9 Å². The van der Waals surface area contributed by atoms with Crippen molar-refractivity contribution in [3.63, 3.8) is 0 Å². The average Bonchev–Trinajstić information content (AvgIpc) is 2.05. The summed E-state index contributed by atoms with van der Waals surface area (Å²) in [6.07, 6.45) is 0. The van der Waals surface area contributed by atoms with E-state index in [0.717, 1.165) is 5.75 Å². The molecule has 1 rings (SSSR count). The van der Waals surface area contributed by atoms with Crippen LogP contribution in [-0.2, 0) is 5.75 Å². The van der Waals surface area contributed by atoms with Crippen LogP contribution in [0.2, 0.25) is 0 Å². The molecule has 0 N–H and O–H groups in total. The molecule has 3 heteroatoms. The summed E-state index contributed by atoms with van der Waals surface area (Å²) in [4.78, 5) is 1.17. The lowest BCUT2D eigenvalue weighted by Crippen LogP contribution is -1.74. The lowest BCUT2D eigenvalue weighted by atomic mass is 10.2. The third-order valence-electron chi connectivity index (χ3n) is 1.21. The van der Waals surface area contributed by atoms with E-state index in [4.69, 9.17) is 0 Å². The topological polar surface area (TPSA) is 0 Å². The summed E-state index contributed by atoms with van der Waals surface area (Å²) in [6, 6.07) is 8.21. The summed E-state index contributed by atoms with van der Waals surface area (Å²) >= 11 is 8.22. The van der Waals surface area contributed by atoms with Crippen LogP contribution in [0.3, 0.4) is 0 Å². The van der Waals surface area contributed by atoms with E-state index in [9.17, 15) is 0 Å². The molecule has 0 saturated carbocycles.